The molecule has 1 heterocycles. The second-order valence-electron chi connectivity index (χ2n) is 6.12. The minimum atomic E-state index is -0.0537. The molecule has 102 valence electrons. The van der Waals surface area contributed by atoms with Crippen LogP contribution >= 0.6 is 0 Å². The Kier molecular flexibility index (Phi) is 2.86. The van der Waals surface area contributed by atoms with Crippen molar-refractivity contribution in [3.63, 3.8) is 0 Å². The normalized spacial score (nSPS) is 23.3. The van der Waals surface area contributed by atoms with Gasteiger partial charge >= 0.3 is 0 Å². The fraction of sp³-hybridized carbons (Fsp3) is 0.438. The van der Waals surface area contributed by atoms with Crippen LogP contribution in [0.15, 0.2) is 28.8 Å². The molecule has 0 aliphatic heterocycles. The van der Waals surface area contributed by atoms with Crippen molar-refractivity contribution in [2.75, 3.05) is 0 Å². The summed E-state index contributed by atoms with van der Waals surface area (Å²) in [6.07, 6.45) is 0.662. The predicted octanol–water partition coefficient (Wildman–Crippen LogP) is 3.23. The van der Waals surface area contributed by atoms with Gasteiger partial charge in [0.05, 0.1) is 17.9 Å². The molecule has 4 nitrogen and oxygen atoms in total. The lowest BCUT2D eigenvalue weighted by Crippen LogP contribution is -1.93. The third kappa shape index (κ3) is 2.09. The molecule has 0 radical (unpaired) electrons. The second-order valence-corrected chi connectivity index (χ2v) is 6.12. The van der Waals surface area contributed by atoms with Crippen molar-refractivity contribution in [1.29, 1.82) is 5.26 Å². The number of hydrogen-bond acceptors (Lipinski definition) is 4. The minimum Gasteiger partial charge on any atom is -0.339 e. The molecule has 1 aromatic carbocycles. The molecule has 1 fully saturated rings. The maximum Gasteiger partial charge on any atom is 0.231 e. The maximum absolute atomic E-state index is 9.11. The molecule has 1 aromatic heterocycles. The van der Waals surface area contributed by atoms with E-state index in [1.807, 2.05) is 6.07 Å². The van der Waals surface area contributed by atoms with Crippen molar-refractivity contribution in [2.45, 2.75) is 33.1 Å². The van der Waals surface area contributed by atoms with Gasteiger partial charge in [-0.1, -0.05) is 48.8 Å². The van der Waals surface area contributed by atoms with Gasteiger partial charge in [0, 0.05) is 6.42 Å². The Morgan fingerprint density at radius 2 is 2.20 bits per heavy atom. The first kappa shape index (κ1) is 12.9. The number of nitrogens with zero attached hydrogens (tertiary/aromatic N) is 3. The molecule has 2 unspecified atom stereocenters. The second kappa shape index (κ2) is 4.45. The molecular weight excluding hydrogens is 250 g/mol. The molecular formula is C16H17N3O. The van der Waals surface area contributed by atoms with E-state index in [9.17, 15) is 0 Å². The van der Waals surface area contributed by atoms with Crippen LogP contribution in [0, 0.1) is 29.6 Å². The first-order valence-electron chi connectivity index (χ1n) is 6.80. The van der Waals surface area contributed by atoms with Gasteiger partial charge in [0.25, 0.3) is 0 Å². The highest BCUT2D eigenvalue weighted by atomic mass is 16.5. The topological polar surface area (TPSA) is 62.7 Å². The van der Waals surface area contributed by atoms with E-state index in [0.717, 1.165) is 0 Å². The van der Waals surface area contributed by atoms with E-state index in [2.05, 4.69) is 55.2 Å². The molecule has 1 aliphatic carbocycles. The molecule has 1 saturated carbocycles. The Morgan fingerprint density at radius 1 is 1.40 bits per heavy atom. The molecule has 0 spiro atoms. The highest BCUT2D eigenvalue weighted by molar-refractivity contribution is 5.28. The van der Waals surface area contributed by atoms with E-state index >= 15 is 0 Å². The first-order chi connectivity index (χ1) is 9.52. The van der Waals surface area contributed by atoms with Gasteiger partial charge in [0.1, 0.15) is 0 Å². The fourth-order valence-electron chi connectivity index (χ4n) is 2.81. The van der Waals surface area contributed by atoms with Crippen LogP contribution in [0.5, 0.6) is 0 Å². The average Bonchev–Trinajstić information content (AvgIpc) is 2.72. The quantitative estimate of drug-likeness (QED) is 0.856. The number of aryl methyl sites for hydroxylation is 1. The lowest BCUT2D eigenvalue weighted by molar-refractivity contribution is 0.363. The van der Waals surface area contributed by atoms with Gasteiger partial charge in [0.2, 0.25) is 5.89 Å². The Balaban J connectivity index is 1.77. The van der Waals surface area contributed by atoms with E-state index in [1.165, 1.54) is 11.1 Å². The highest BCUT2D eigenvalue weighted by Gasteiger charge is 2.62. The zero-order valence-electron chi connectivity index (χ0n) is 11.9. The highest BCUT2D eigenvalue weighted by Crippen LogP contribution is 2.63. The predicted molar refractivity (Wildman–Crippen MR) is 73.9 cm³/mol. The van der Waals surface area contributed by atoms with Crippen LogP contribution in [0.1, 0.15) is 42.6 Å². The largest absolute Gasteiger partial charge is 0.339 e. The van der Waals surface area contributed by atoms with Crippen molar-refractivity contribution >= 4 is 0 Å². The van der Waals surface area contributed by atoms with E-state index in [4.69, 9.17) is 9.78 Å². The van der Waals surface area contributed by atoms with E-state index in [-0.39, 0.29) is 17.3 Å². The number of aromatic nitrogens is 2. The van der Waals surface area contributed by atoms with Gasteiger partial charge < -0.3 is 4.52 Å². The zero-order valence-corrected chi connectivity index (χ0v) is 11.9. The summed E-state index contributed by atoms with van der Waals surface area (Å²) in [6, 6.07) is 10.6. The Labute approximate surface area is 118 Å². The molecule has 0 amide bonds. The fourth-order valence-corrected chi connectivity index (χ4v) is 2.81. The van der Waals surface area contributed by atoms with Crippen molar-refractivity contribution in [3.05, 3.63) is 47.1 Å². The van der Waals surface area contributed by atoms with Gasteiger partial charge in [-0.15, -0.1) is 0 Å². The Morgan fingerprint density at radius 3 is 2.85 bits per heavy atom. The molecule has 4 heteroatoms. The average molecular weight is 267 g/mol. The number of nitriles is 1. The third-order valence-electron chi connectivity index (χ3n) is 4.16. The summed E-state index contributed by atoms with van der Waals surface area (Å²) in [6.45, 7) is 6.20. The Hall–Kier alpha value is -2.15. The van der Waals surface area contributed by atoms with Crippen molar-refractivity contribution in [2.24, 2.45) is 11.3 Å². The maximum atomic E-state index is 9.11. The summed E-state index contributed by atoms with van der Waals surface area (Å²) in [7, 11) is 0. The van der Waals surface area contributed by atoms with Crippen LogP contribution in [0.2, 0.25) is 0 Å². The van der Waals surface area contributed by atoms with Gasteiger partial charge in [0.15, 0.2) is 5.82 Å². The summed E-state index contributed by atoms with van der Waals surface area (Å²) < 4.78 is 5.35. The van der Waals surface area contributed by atoms with Crippen LogP contribution < -0.4 is 0 Å². The summed E-state index contributed by atoms with van der Waals surface area (Å²) in [5, 5.41) is 13.1. The molecule has 2 atom stereocenters. The number of benzene rings is 1. The van der Waals surface area contributed by atoms with Crippen molar-refractivity contribution < 1.29 is 4.52 Å². The minimum absolute atomic E-state index is 0.0187. The van der Waals surface area contributed by atoms with Crippen LogP contribution in [-0.4, -0.2) is 10.1 Å². The molecule has 20 heavy (non-hydrogen) atoms. The van der Waals surface area contributed by atoms with Crippen LogP contribution in [0.3, 0.4) is 0 Å². The first-order valence-corrected chi connectivity index (χ1v) is 6.80. The lowest BCUT2D eigenvalue weighted by atomic mass is 10.1. The monoisotopic (exact) mass is 267 g/mol. The van der Waals surface area contributed by atoms with Crippen molar-refractivity contribution in [3.8, 4) is 6.07 Å². The summed E-state index contributed by atoms with van der Waals surface area (Å²) in [5.74, 6) is 1.34. The van der Waals surface area contributed by atoms with E-state index < -0.39 is 0 Å². The number of hydrogen-bond donors (Lipinski definition) is 0. The SMILES string of the molecule is Cc1cccc(Cc2noc(C3C(C#N)C3(C)C)n2)c1. The standard InChI is InChI=1S/C16H17N3O/c1-10-5-4-6-11(7-10)8-13-18-15(20-19-13)14-12(9-17)16(14,2)3/h4-7,12,14H,8H2,1-3H3. The molecule has 2 aromatic rings. The number of rotatable bonds is 3. The van der Waals surface area contributed by atoms with Crippen molar-refractivity contribution in [1.82, 2.24) is 10.1 Å². The molecule has 0 bridgehead atoms. The zero-order chi connectivity index (χ0) is 14.3. The van der Waals surface area contributed by atoms with Gasteiger partial charge in [-0.2, -0.15) is 10.2 Å². The molecule has 0 N–H and O–H groups in total. The summed E-state index contributed by atoms with van der Waals surface area (Å²) in [5.41, 5.74) is 2.34. The third-order valence-corrected chi connectivity index (χ3v) is 4.16. The molecule has 3 rings (SSSR count). The van der Waals surface area contributed by atoms with Gasteiger partial charge in [-0.25, -0.2) is 0 Å². The van der Waals surface area contributed by atoms with Crippen LogP contribution in [0.4, 0.5) is 0 Å². The molecule has 0 saturated heterocycles. The van der Waals surface area contributed by atoms with E-state index in [0.29, 0.717) is 18.1 Å². The lowest BCUT2D eigenvalue weighted by Gasteiger charge is -1.98. The molecule has 1 aliphatic rings. The summed E-state index contributed by atoms with van der Waals surface area (Å²) in [4.78, 5) is 4.46. The van der Waals surface area contributed by atoms with Crippen LogP contribution in [0.25, 0.3) is 0 Å². The Bertz CT molecular complexity index is 681. The van der Waals surface area contributed by atoms with E-state index in [1.54, 1.807) is 0 Å². The van der Waals surface area contributed by atoms with Gasteiger partial charge in [-0.3, -0.25) is 0 Å². The van der Waals surface area contributed by atoms with Gasteiger partial charge in [-0.05, 0) is 17.9 Å². The van der Waals surface area contributed by atoms with Crippen LogP contribution in [-0.2, 0) is 6.42 Å². The smallest absolute Gasteiger partial charge is 0.231 e. The summed E-state index contributed by atoms with van der Waals surface area (Å²) >= 11 is 0.